The van der Waals surface area contributed by atoms with Crippen molar-refractivity contribution in [2.75, 3.05) is 24.5 Å². The van der Waals surface area contributed by atoms with Gasteiger partial charge in [0, 0.05) is 49.0 Å². The van der Waals surface area contributed by atoms with Crippen molar-refractivity contribution in [3.63, 3.8) is 0 Å². The molecule has 0 unspecified atom stereocenters. The number of nitrogens with zero attached hydrogens (tertiary/aromatic N) is 4. The van der Waals surface area contributed by atoms with Crippen molar-refractivity contribution in [3.8, 4) is 0 Å². The minimum Gasteiger partial charge on any atom is -0.352 e. The Morgan fingerprint density at radius 3 is 2.56 bits per heavy atom. The van der Waals surface area contributed by atoms with E-state index in [0.29, 0.717) is 17.6 Å². The molecule has 4 heterocycles. The molecule has 168 valence electrons. The van der Waals surface area contributed by atoms with E-state index in [2.05, 4.69) is 43.9 Å². The Morgan fingerprint density at radius 1 is 1.16 bits per heavy atom. The SMILES string of the molecule is CC(C)NC[C@@H](C(=O)N1[C@@H]2CC[C@H]1CN(c1ncnc3[nH]ccc13)C2)c1ccc(Cl)cc1. The molecule has 7 nitrogen and oxygen atoms in total. The fraction of sp³-hybridized carbons (Fsp3) is 0.458. The zero-order valence-corrected chi connectivity index (χ0v) is 19.2. The van der Waals surface area contributed by atoms with Gasteiger partial charge >= 0.3 is 0 Å². The van der Waals surface area contributed by atoms with Gasteiger partial charge in [0.25, 0.3) is 0 Å². The minimum atomic E-state index is -0.222. The molecule has 2 aliphatic rings. The number of aromatic amines is 1. The number of hydrogen-bond donors (Lipinski definition) is 2. The first-order valence-corrected chi connectivity index (χ1v) is 11.7. The summed E-state index contributed by atoms with van der Waals surface area (Å²) in [5, 5.41) is 5.19. The van der Waals surface area contributed by atoms with Crippen molar-refractivity contribution in [1.82, 2.24) is 25.2 Å². The van der Waals surface area contributed by atoms with Gasteiger partial charge in [-0.15, -0.1) is 0 Å². The van der Waals surface area contributed by atoms with Gasteiger partial charge in [-0.2, -0.15) is 0 Å². The summed E-state index contributed by atoms with van der Waals surface area (Å²) in [6.45, 7) is 6.42. The highest BCUT2D eigenvalue weighted by Gasteiger charge is 2.45. The van der Waals surface area contributed by atoms with E-state index in [4.69, 9.17) is 11.6 Å². The molecule has 2 saturated heterocycles. The van der Waals surface area contributed by atoms with Crippen LogP contribution in [0.3, 0.4) is 0 Å². The Labute approximate surface area is 193 Å². The van der Waals surface area contributed by atoms with Crippen LogP contribution in [0.25, 0.3) is 11.0 Å². The highest BCUT2D eigenvalue weighted by Crippen LogP contribution is 2.36. The molecule has 0 aliphatic carbocycles. The van der Waals surface area contributed by atoms with E-state index in [1.54, 1.807) is 6.33 Å². The van der Waals surface area contributed by atoms with E-state index >= 15 is 0 Å². The number of halogens is 1. The molecule has 5 rings (SSSR count). The van der Waals surface area contributed by atoms with Crippen molar-refractivity contribution in [3.05, 3.63) is 53.4 Å². The summed E-state index contributed by atoms with van der Waals surface area (Å²) in [5.74, 6) is 0.942. The molecular formula is C24H29ClN6O. The quantitative estimate of drug-likeness (QED) is 0.597. The molecule has 8 heteroatoms. The van der Waals surface area contributed by atoms with Crippen LogP contribution >= 0.6 is 11.6 Å². The van der Waals surface area contributed by atoms with E-state index in [1.807, 2.05) is 36.5 Å². The first-order valence-electron chi connectivity index (χ1n) is 11.4. The number of H-pyrrole nitrogens is 1. The maximum Gasteiger partial charge on any atom is 0.232 e. The number of aromatic nitrogens is 3. The highest BCUT2D eigenvalue weighted by atomic mass is 35.5. The number of piperazine rings is 1. The van der Waals surface area contributed by atoms with Crippen LogP contribution in [0.15, 0.2) is 42.9 Å². The first kappa shape index (κ1) is 21.2. The predicted molar refractivity (Wildman–Crippen MR) is 127 cm³/mol. The van der Waals surface area contributed by atoms with Crippen molar-refractivity contribution < 1.29 is 4.79 Å². The lowest BCUT2D eigenvalue weighted by molar-refractivity contribution is -0.136. The van der Waals surface area contributed by atoms with Gasteiger partial charge in [0.2, 0.25) is 5.91 Å². The van der Waals surface area contributed by atoms with Gasteiger partial charge in [-0.1, -0.05) is 37.6 Å². The van der Waals surface area contributed by atoms with Crippen molar-refractivity contribution in [2.24, 2.45) is 0 Å². The number of carbonyl (C=O) groups excluding carboxylic acids is 1. The van der Waals surface area contributed by atoms with Crippen LogP contribution in [-0.4, -0.2) is 63.5 Å². The summed E-state index contributed by atoms with van der Waals surface area (Å²) in [7, 11) is 0. The zero-order chi connectivity index (χ0) is 22.2. The largest absolute Gasteiger partial charge is 0.352 e. The Kier molecular flexibility index (Phi) is 5.78. The summed E-state index contributed by atoms with van der Waals surface area (Å²) in [5.41, 5.74) is 1.86. The van der Waals surface area contributed by atoms with Crippen molar-refractivity contribution in [2.45, 2.75) is 50.7 Å². The summed E-state index contributed by atoms with van der Waals surface area (Å²) in [4.78, 5) is 30.4. The van der Waals surface area contributed by atoms with Crippen molar-refractivity contribution >= 4 is 34.4 Å². The lowest BCUT2D eigenvalue weighted by Gasteiger charge is -2.43. The Balaban J connectivity index is 1.39. The molecule has 3 aromatic rings. The highest BCUT2D eigenvalue weighted by molar-refractivity contribution is 6.30. The molecule has 0 spiro atoms. The topological polar surface area (TPSA) is 77.2 Å². The van der Waals surface area contributed by atoms with Crippen LogP contribution in [0, 0.1) is 0 Å². The fourth-order valence-electron chi connectivity index (χ4n) is 5.12. The molecule has 0 radical (unpaired) electrons. The van der Waals surface area contributed by atoms with E-state index < -0.39 is 0 Å². The number of amides is 1. The maximum atomic E-state index is 13.9. The lowest BCUT2D eigenvalue weighted by Crippen LogP contribution is -2.57. The third-order valence-electron chi connectivity index (χ3n) is 6.67. The van der Waals surface area contributed by atoms with Crippen LogP contribution in [0.5, 0.6) is 0 Å². The van der Waals surface area contributed by atoms with Gasteiger partial charge in [-0.3, -0.25) is 4.79 Å². The number of carbonyl (C=O) groups is 1. The second kappa shape index (κ2) is 8.71. The molecule has 3 atom stereocenters. The summed E-state index contributed by atoms with van der Waals surface area (Å²) >= 11 is 6.11. The summed E-state index contributed by atoms with van der Waals surface area (Å²) in [6, 6.07) is 10.4. The van der Waals surface area contributed by atoms with E-state index in [1.165, 1.54) is 0 Å². The zero-order valence-electron chi connectivity index (χ0n) is 18.5. The number of rotatable bonds is 6. The Hall–Kier alpha value is -2.64. The first-order chi connectivity index (χ1) is 15.5. The molecular weight excluding hydrogens is 424 g/mol. The van der Waals surface area contributed by atoms with E-state index in [0.717, 1.165) is 48.3 Å². The average molecular weight is 453 g/mol. The normalized spacial score (nSPS) is 21.5. The van der Waals surface area contributed by atoms with E-state index in [9.17, 15) is 4.79 Å². The standard InChI is InChI=1S/C24H29ClN6O/c1-15(2)27-11-21(16-3-5-17(25)6-4-16)24(32)31-18-7-8-19(31)13-30(12-18)23-20-9-10-26-22(20)28-14-29-23/h3-6,9-10,14-15,18-19,21,27H,7-8,11-13H2,1-2H3,(H,26,28,29)/t18-,19+,21-/m1/s1. The molecule has 32 heavy (non-hydrogen) atoms. The minimum absolute atomic E-state index is 0.194. The molecule has 2 aromatic heterocycles. The Morgan fingerprint density at radius 2 is 1.88 bits per heavy atom. The second-order valence-corrected chi connectivity index (χ2v) is 9.58. The van der Waals surface area contributed by atoms with Crippen LogP contribution in [-0.2, 0) is 4.79 Å². The molecule has 2 bridgehead atoms. The van der Waals surface area contributed by atoms with Gasteiger partial charge in [-0.25, -0.2) is 9.97 Å². The monoisotopic (exact) mass is 452 g/mol. The summed E-state index contributed by atoms with van der Waals surface area (Å²) in [6.07, 6.45) is 5.57. The van der Waals surface area contributed by atoms with Gasteiger partial charge in [0.1, 0.15) is 17.8 Å². The fourth-order valence-corrected chi connectivity index (χ4v) is 5.25. The molecule has 1 amide bonds. The number of fused-ring (bicyclic) bond motifs is 3. The van der Waals surface area contributed by atoms with E-state index in [-0.39, 0.29) is 23.9 Å². The van der Waals surface area contributed by atoms with Crippen molar-refractivity contribution in [1.29, 1.82) is 0 Å². The second-order valence-electron chi connectivity index (χ2n) is 9.14. The third-order valence-corrected chi connectivity index (χ3v) is 6.92. The Bertz CT molecular complexity index is 1080. The number of benzene rings is 1. The van der Waals surface area contributed by atoms with Crippen LogP contribution in [0.4, 0.5) is 5.82 Å². The van der Waals surface area contributed by atoms with Crippen LogP contribution in [0.2, 0.25) is 5.02 Å². The smallest absolute Gasteiger partial charge is 0.232 e. The van der Waals surface area contributed by atoms with Gasteiger partial charge in [0.05, 0.1) is 11.3 Å². The summed E-state index contributed by atoms with van der Waals surface area (Å²) < 4.78 is 0. The molecule has 1 aromatic carbocycles. The number of nitrogens with one attached hydrogen (secondary N) is 2. The molecule has 2 aliphatic heterocycles. The predicted octanol–water partition coefficient (Wildman–Crippen LogP) is 3.57. The third kappa shape index (κ3) is 3.95. The van der Waals surface area contributed by atoms with Gasteiger partial charge in [0.15, 0.2) is 0 Å². The number of anilines is 1. The lowest BCUT2D eigenvalue weighted by atomic mass is 9.95. The maximum absolute atomic E-state index is 13.9. The molecule has 2 fully saturated rings. The van der Waals surface area contributed by atoms with Gasteiger partial charge < -0.3 is 20.1 Å². The van der Waals surface area contributed by atoms with Gasteiger partial charge in [-0.05, 0) is 36.6 Å². The number of hydrogen-bond acceptors (Lipinski definition) is 5. The van der Waals surface area contributed by atoms with Crippen LogP contribution < -0.4 is 10.2 Å². The molecule has 2 N–H and O–H groups in total. The van der Waals surface area contributed by atoms with Crippen LogP contribution in [0.1, 0.15) is 38.2 Å². The molecule has 0 saturated carbocycles. The average Bonchev–Trinajstić information content (AvgIpc) is 3.36.